The molecule has 1 atom stereocenters. The number of aliphatic carboxylic acids is 1. The molecule has 0 spiro atoms. The summed E-state index contributed by atoms with van der Waals surface area (Å²) in [4.78, 5) is 38.8. The molecule has 0 bridgehead atoms. The van der Waals surface area contributed by atoms with Gasteiger partial charge in [-0.25, -0.2) is 0 Å². The van der Waals surface area contributed by atoms with Crippen molar-refractivity contribution in [3.63, 3.8) is 0 Å². The van der Waals surface area contributed by atoms with Crippen LogP contribution in [0.15, 0.2) is 41.2 Å². The van der Waals surface area contributed by atoms with E-state index >= 15 is 0 Å². The van der Waals surface area contributed by atoms with E-state index in [0.717, 1.165) is 35.1 Å². The number of benzene rings is 1. The highest BCUT2D eigenvalue weighted by Gasteiger charge is 2.28. The van der Waals surface area contributed by atoms with Crippen molar-refractivity contribution >= 4 is 29.1 Å². The molecule has 7 heteroatoms. The molecule has 0 radical (unpaired) electrons. The third-order valence-electron chi connectivity index (χ3n) is 6.61. The van der Waals surface area contributed by atoms with Gasteiger partial charge in [-0.05, 0) is 75.1 Å². The summed E-state index contributed by atoms with van der Waals surface area (Å²) >= 11 is 6.60. The second-order valence-corrected chi connectivity index (χ2v) is 10.1. The van der Waals surface area contributed by atoms with Crippen LogP contribution in [0.1, 0.15) is 74.3 Å². The van der Waals surface area contributed by atoms with Crippen molar-refractivity contribution in [2.45, 2.75) is 64.3 Å². The van der Waals surface area contributed by atoms with Crippen LogP contribution in [0.2, 0.25) is 5.02 Å². The van der Waals surface area contributed by atoms with E-state index in [2.05, 4.69) is 10.3 Å². The Morgan fingerprint density at radius 1 is 1.18 bits per heavy atom. The van der Waals surface area contributed by atoms with Crippen LogP contribution in [0.25, 0.3) is 5.57 Å². The smallest absolute Gasteiger partial charge is 0.309 e. The molecule has 2 heterocycles. The van der Waals surface area contributed by atoms with E-state index in [1.165, 1.54) is 0 Å². The molecule has 6 nitrogen and oxygen atoms in total. The lowest BCUT2D eigenvalue weighted by Crippen LogP contribution is -2.24. The Bertz CT molecular complexity index is 1180. The quantitative estimate of drug-likeness (QED) is 0.524. The van der Waals surface area contributed by atoms with Crippen molar-refractivity contribution in [2.75, 3.05) is 0 Å². The number of amides is 1. The maximum atomic E-state index is 12.7. The molecule has 1 amide bonds. The number of halogens is 1. The summed E-state index contributed by atoms with van der Waals surface area (Å²) in [5.74, 6) is -0.464. The first-order valence-electron chi connectivity index (χ1n) is 11.4. The topological polar surface area (TPSA) is 99.3 Å². The Balaban J connectivity index is 1.66. The summed E-state index contributed by atoms with van der Waals surface area (Å²) in [5, 5.41) is 12.9. The van der Waals surface area contributed by atoms with E-state index in [-0.39, 0.29) is 17.5 Å². The third-order valence-corrected chi connectivity index (χ3v) is 6.96. The maximum absolute atomic E-state index is 12.7. The predicted octanol–water partition coefficient (Wildman–Crippen LogP) is 4.66. The first-order valence-corrected chi connectivity index (χ1v) is 11.8. The highest BCUT2D eigenvalue weighted by atomic mass is 35.5. The Kier molecular flexibility index (Phi) is 6.48. The number of rotatable bonds is 8. The number of nitrogens with one attached hydrogen (secondary N) is 2. The summed E-state index contributed by atoms with van der Waals surface area (Å²) in [6.07, 6.45) is 6.26. The minimum atomic E-state index is -0.837. The largest absolute Gasteiger partial charge is 0.481 e. The minimum Gasteiger partial charge on any atom is -0.481 e. The van der Waals surface area contributed by atoms with Crippen LogP contribution in [-0.4, -0.2) is 28.0 Å². The monoisotopic (exact) mass is 468 g/mol. The molecule has 1 saturated heterocycles. The molecule has 1 aromatic carbocycles. The summed E-state index contributed by atoms with van der Waals surface area (Å²) in [5.41, 5.74) is 3.10. The van der Waals surface area contributed by atoms with Crippen molar-refractivity contribution in [3.05, 3.63) is 74.2 Å². The molecule has 174 valence electrons. The van der Waals surface area contributed by atoms with Gasteiger partial charge < -0.3 is 15.4 Å². The van der Waals surface area contributed by atoms with Gasteiger partial charge in [0.15, 0.2) is 0 Å². The van der Waals surface area contributed by atoms with Crippen LogP contribution >= 0.6 is 11.6 Å². The van der Waals surface area contributed by atoms with Crippen molar-refractivity contribution in [3.8, 4) is 0 Å². The molecule has 1 aliphatic heterocycles. The molecule has 4 rings (SSSR count). The zero-order chi connectivity index (χ0) is 23.8. The molecule has 2 aromatic rings. The molecule has 0 unspecified atom stereocenters. The Labute approximate surface area is 198 Å². The van der Waals surface area contributed by atoms with E-state index in [4.69, 9.17) is 11.6 Å². The van der Waals surface area contributed by atoms with Crippen molar-refractivity contribution in [1.82, 2.24) is 10.3 Å². The number of hydrogen-bond donors (Lipinski definition) is 3. The molecular formula is C26H29ClN2O4. The van der Waals surface area contributed by atoms with E-state index in [1.807, 2.05) is 36.4 Å². The van der Waals surface area contributed by atoms with Crippen molar-refractivity contribution in [2.24, 2.45) is 5.41 Å². The van der Waals surface area contributed by atoms with Gasteiger partial charge in [-0.15, -0.1) is 0 Å². The van der Waals surface area contributed by atoms with Gasteiger partial charge in [-0.3, -0.25) is 14.4 Å². The second kappa shape index (κ2) is 9.18. The molecule has 1 aromatic heterocycles. The lowest BCUT2D eigenvalue weighted by atomic mass is 9.86. The second-order valence-electron chi connectivity index (χ2n) is 9.72. The van der Waals surface area contributed by atoms with Crippen molar-refractivity contribution < 1.29 is 14.7 Å². The molecule has 3 N–H and O–H groups in total. The molecular weight excluding hydrogens is 440 g/mol. The number of aromatic amines is 1. The number of carboxylic acids is 1. The number of hydrogen-bond acceptors (Lipinski definition) is 3. The first-order chi connectivity index (χ1) is 15.6. The van der Waals surface area contributed by atoms with Crippen LogP contribution in [0.3, 0.4) is 0 Å². The van der Waals surface area contributed by atoms with Gasteiger partial charge in [0.05, 0.1) is 5.41 Å². The summed E-state index contributed by atoms with van der Waals surface area (Å²) in [6.45, 7) is 3.41. The number of carbonyl (C=O) groups excluding carboxylic acids is 1. The zero-order valence-electron chi connectivity index (χ0n) is 18.9. The lowest BCUT2D eigenvalue weighted by molar-refractivity contribution is -0.147. The Hall–Kier alpha value is -2.86. The lowest BCUT2D eigenvalue weighted by Gasteiger charge is -2.19. The molecule has 33 heavy (non-hydrogen) atoms. The number of H-pyrrole nitrogens is 1. The minimum absolute atomic E-state index is 0.0163. The van der Waals surface area contributed by atoms with Crippen LogP contribution in [0.4, 0.5) is 0 Å². The van der Waals surface area contributed by atoms with E-state index in [9.17, 15) is 19.5 Å². The average molecular weight is 469 g/mol. The molecule has 2 fully saturated rings. The molecule has 1 aliphatic carbocycles. The normalized spacial score (nSPS) is 18.9. The first kappa shape index (κ1) is 23.3. The van der Waals surface area contributed by atoms with Gasteiger partial charge in [0.1, 0.15) is 0 Å². The van der Waals surface area contributed by atoms with Crippen LogP contribution in [0, 0.1) is 5.41 Å². The predicted molar refractivity (Wildman–Crippen MR) is 128 cm³/mol. The summed E-state index contributed by atoms with van der Waals surface area (Å²) in [7, 11) is 0. The van der Waals surface area contributed by atoms with Gasteiger partial charge in [-0.1, -0.05) is 35.9 Å². The highest BCUT2D eigenvalue weighted by molar-refractivity contribution is 6.31. The van der Waals surface area contributed by atoms with Crippen molar-refractivity contribution in [1.29, 1.82) is 0 Å². The zero-order valence-corrected chi connectivity index (χ0v) is 19.7. The molecule has 1 saturated carbocycles. The fourth-order valence-electron chi connectivity index (χ4n) is 4.13. The van der Waals surface area contributed by atoms with Gasteiger partial charge in [-0.2, -0.15) is 0 Å². The van der Waals surface area contributed by atoms with Crippen LogP contribution in [0.5, 0.6) is 0 Å². The van der Waals surface area contributed by atoms with Gasteiger partial charge in [0, 0.05) is 34.3 Å². The number of carbonyl (C=O) groups is 2. The van der Waals surface area contributed by atoms with E-state index in [0.29, 0.717) is 42.3 Å². The Morgan fingerprint density at radius 2 is 1.94 bits per heavy atom. The standard InChI is InChI=1S/C26H29ClN2O4/c1-26(2,25(32)33)12-11-16-5-6-17(13-21(16)27)20(14-18-7-10-23(30)28-18)22-9-8-19(15-3-4-15)24(31)29-22/h5-6,8-9,13-15,18H,3-4,7,10-12H2,1-2H3,(H,28,30)(H,29,31)(H,32,33)/b20-14+/t18-/m1/s1. The third kappa shape index (κ3) is 5.38. The summed E-state index contributed by atoms with van der Waals surface area (Å²) < 4.78 is 0. The van der Waals surface area contributed by atoms with Gasteiger partial charge >= 0.3 is 5.97 Å². The van der Waals surface area contributed by atoms with Crippen LogP contribution < -0.4 is 10.9 Å². The van der Waals surface area contributed by atoms with E-state index in [1.54, 1.807) is 13.8 Å². The maximum Gasteiger partial charge on any atom is 0.309 e. The number of carboxylic acid groups (broad SMARTS) is 1. The molecule has 2 aliphatic rings. The average Bonchev–Trinajstić information content (AvgIpc) is 3.52. The van der Waals surface area contributed by atoms with Gasteiger partial charge in [0.2, 0.25) is 5.91 Å². The number of aryl methyl sites for hydroxylation is 1. The number of aromatic nitrogens is 1. The Morgan fingerprint density at radius 3 is 2.52 bits per heavy atom. The SMILES string of the molecule is CC(C)(CCc1ccc(/C(=C\[C@H]2CCC(=O)N2)c2ccc(C3CC3)c(=O)[nH]2)cc1Cl)C(=O)O. The fraction of sp³-hybridized carbons (Fsp3) is 0.423. The van der Waals surface area contributed by atoms with E-state index < -0.39 is 11.4 Å². The summed E-state index contributed by atoms with van der Waals surface area (Å²) in [6, 6.07) is 9.40. The highest BCUT2D eigenvalue weighted by Crippen LogP contribution is 2.38. The number of pyridine rings is 1. The van der Waals surface area contributed by atoms with Gasteiger partial charge in [0.25, 0.3) is 5.56 Å². The fourth-order valence-corrected chi connectivity index (χ4v) is 4.41. The van der Waals surface area contributed by atoms with Crippen LogP contribution in [-0.2, 0) is 16.0 Å².